The van der Waals surface area contributed by atoms with Crippen molar-refractivity contribution in [1.29, 1.82) is 0 Å². The summed E-state index contributed by atoms with van der Waals surface area (Å²) in [5.74, 6) is 0.899. The number of fused-ring (bicyclic) bond motifs is 1. The average molecular weight is 259 g/mol. The van der Waals surface area contributed by atoms with Crippen LogP contribution in [0.5, 0.6) is 0 Å². The summed E-state index contributed by atoms with van der Waals surface area (Å²) in [5.41, 5.74) is 8.06. The van der Waals surface area contributed by atoms with E-state index in [0.717, 1.165) is 29.9 Å². The lowest BCUT2D eigenvalue weighted by Crippen LogP contribution is -2.47. The minimum atomic E-state index is 0.00523. The molecule has 0 aromatic carbocycles. The molecule has 2 heterocycles. The monoisotopic (exact) mass is 259 g/mol. The van der Waals surface area contributed by atoms with Crippen molar-refractivity contribution in [1.82, 2.24) is 14.6 Å². The number of nitrogens with two attached hydrogens (primary N) is 1. The molecule has 1 aliphatic carbocycles. The third-order valence-electron chi connectivity index (χ3n) is 4.10. The lowest BCUT2D eigenvalue weighted by molar-refractivity contribution is 0.330. The summed E-state index contributed by atoms with van der Waals surface area (Å²) >= 11 is 0. The summed E-state index contributed by atoms with van der Waals surface area (Å²) in [7, 11) is 0. The van der Waals surface area contributed by atoms with E-state index in [1.165, 1.54) is 19.3 Å². The second kappa shape index (κ2) is 4.81. The number of aromatic nitrogens is 3. The number of anilines is 1. The van der Waals surface area contributed by atoms with Gasteiger partial charge in [-0.3, -0.25) is 0 Å². The fourth-order valence-corrected chi connectivity index (χ4v) is 3.00. The molecule has 0 saturated heterocycles. The molecule has 5 heteroatoms. The molecule has 1 saturated carbocycles. The molecule has 0 spiro atoms. The van der Waals surface area contributed by atoms with Gasteiger partial charge in [-0.15, -0.1) is 0 Å². The van der Waals surface area contributed by atoms with Crippen LogP contribution in [0.15, 0.2) is 18.5 Å². The Hall–Kier alpha value is -1.62. The maximum Gasteiger partial charge on any atom is 0.152 e. The third-order valence-corrected chi connectivity index (χ3v) is 4.10. The number of nitrogens with zero attached hydrogens (tertiary/aromatic N) is 3. The molecule has 1 aliphatic rings. The van der Waals surface area contributed by atoms with Gasteiger partial charge < -0.3 is 11.1 Å². The summed E-state index contributed by atoms with van der Waals surface area (Å²) in [5, 5.41) is 8.02. The van der Waals surface area contributed by atoms with Gasteiger partial charge >= 0.3 is 0 Å². The molecule has 5 nitrogen and oxygen atoms in total. The zero-order chi connectivity index (χ0) is 13.3. The molecule has 0 radical (unpaired) electrons. The van der Waals surface area contributed by atoms with Crippen LogP contribution >= 0.6 is 0 Å². The van der Waals surface area contributed by atoms with Gasteiger partial charge in [-0.25, -0.2) is 9.50 Å². The summed E-state index contributed by atoms with van der Waals surface area (Å²) in [6, 6.07) is 2.06. The van der Waals surface area contributed by atoms with Gasteiger partial charge in [0.05, 0.1) is 11.2 Å². The molecular weight excluding hydrogens is 238 g/mol. The van der Waals surface area contributed by atoms with Crippen molar-refractivity contribution in [2.45, 2.75) is 44.6 Å². The van der Waals surface area contributed by atoms with Crippen molar-refractivity contribution in [3.8, 4) is 0 Å². The maximum atomic E-state index is 6.02. The van der Waals surface area contributed by atoms with E-state index in [0.29, 0.717) is 6.54 Å². The molecule has 2 aromatic rings. The molecule has 19 heavy (non-hydrogen) atoms. The number of aryl methyl sites for hydroxylation is 1. The second-order valence-corrected chi connectivity index (χ2v) is 5.56. The number of hydrogen-bond donors (Lipinski definition) is 2. The lowest BCUT2D eigenvalue weighted by Gasteiger charge is -2.37. The lowest BCUT2D eigenvalue weighted by atomic mass is 9.81. The van der Waals surface area contributed by atoms with Gasteiger partial charge in [0.1, 0.15) is 5.52 Å². The predicted octanol–water partition coefficient (Wildman–Crippen LogP) is 2.11. The molecule has 0 aliphatic heterocycles. The Morgan fingerprint density at radius 3 is 2.89 bits per heavy atom. The van der Waals surface area contributed by atoms with Crippen LogP contribution in [-0.4, -0.2) is 26.7 Å². The van der Waals surface area contributed by atoms with Crippen LogP contribution in [0, 0.1) is 6.92 Å². The van der Waals surface area contributed by atoms with Crippen molar-refractivity contribution in [3.05, 3.63) is 24.2 Å². The predicted molar refractivity (Wildman–Crippen MR) is 76.2 cm³/mol. The molecule has 102 valence electrons. The minimum Gasteiger partial charge on any atom is -0.362 e. The van der Waals surface area contributed by atoms with Gasteiger partial charge in [0.25, 0.3) is 0 Å². The number of nitrogens with one attached hydrogen (secondary N) is 1. The van der Waals surface area contributed by atoms with E-state index < -0.39 is 0 Å². The van der Waals surface area contributed by atoms with Crippen LogP contribution in [0.1, 0.15) is 37.8 Å². The van der Waals surface area contributed by atoms with Crippen LogP contribution in [-0.2, 0) is 0 Å². The second-order valence-electron chi connectivity index (χ2n) is 5.56. The van der Waals surface area contributed by atoms with Crippen molar-refractivity contribution in [2.75, 3.05) is 11.9 Å². The van der Waals surface area contributed by atoms with Crippen LogP contribution in [0.2, 0.25) is 0 Å². The van der Waals surface area contributed by atoms with Crippen LogP contribution < -0.4 is 11.1 Å². The molecular formula is C14H21N5. The highest BCUT2D eigenvalue weighted by Gasteiger charge is 2.31. The van der Waals surface area contributed by atoms with Crippen molar-refractivity contribution in [3.63, 3.8) is 0 Å². The van der Waals surface area contributed by atoms with E-state index in [2.05, 4.69) is 21.5 Å². The van der Waals surface area contributed by atoms with Gasteiger partial charge in [0, 0.05) is 18.9 Å². The standard InChI is InChI=1S/C14H21N5/c1-11-9-12-13(16-7-8-19(12)18-11)17-14(10-15)5-3-2-4-6-14/h7-9H,2-6,10,15H2,1H3,(H,16,17). The summed E-state index contributed by atoms with van der Waals surface area (Å²) in [6.07, 6.45) is 9.71. The fraction of sp³-hybridized carbons (Fsp3) is 0.571. The first-order valence-electron chi connectivity index (χ1n) is 7.02. The Morgan fingerprint density at radius 1 is 1.37 bits per heavy atom. The number of hydrogen-bond acceptors (Lipinski definition) is 4. The Balaban J connectivity index is 1.95. The first-order chi connectivity index (χ1) is 9.22. The van der Waals surface area contributed by atoms with Gasteiger partial charge in [0.15, 0.2) is 5.82 Å². The van der Waals surface area contributed by atoms with Crippen LogP contribution in [0.4, 0.5) is 5.82 Å². The maximum absolute atomic E-state index is 6.02. The van der Waals surface area contributed by atoms with E-state index in [1.54, 1.807) is 6.20 Å². The first-order valence-corrected chi connectivity index (χ1v) is 7.02. The zero-order valence-corrected chi connectivity index (χ0v) is 11.4. The highest BCUT2D eigenvalue weighted by Crippen LogP contribution is 2.31. The van der Waals surface area contributed by atoms with Crippen LogP contribution in [0.25, 0.3) is 5.52 Å². The van der Waals surface area contributed by atoms with E-state index in [9.17, 15) is 0 Å². The van der Waals surface area contributed by atoms with E-state index >= 15 is 0 Å². The van der Waals surface area contributed by atoms with E-state index in [4.69, 9.17) is 5.73 Å². The smallest absolute Gasteiger partial charge is 0.152 e. The van der Waals surface area contributed by atoms with Crippen molar-refractivity contribution in [2.24, 2.45) is 5.73 Å². The zero-order valence-electron chi connectivity index (χ0n) is 11.4. The fourth-order valence-electron chi connectivity index (χ4n) is 3.00. The quantitative estimate of drug-likeness (QED) is 0.886. The van der Waals surface area contributed by atoms with Crippen LogP contribution in [0.3, 0.4) is 0 Å². The number of rotatable bonds is 3. The normalized spacial score (nSPS) is 18.6. The van der Waals surface area contributed by atoms with E-state index in [1.807, 2.05) is 17.6 Å². The van der Waals surface area contributed by atoms with Gasteiger partial charge in [0.2, 0.25) is 0 Å². The Bertz CT molecular complexity index is 568. The first kappa shape index (κ1) is 12.4. The summed E-state index contributed by atoms with van der Waals surface area (Å²) in [4.78, 5) is 4.48. The Kier molecular flexibility index (Phi) is 3.14. The molecule has 0 atom stereocenters. The van der Waals surface area contributed by atoms with Gasteiger partial charge in [-0.1, -0.05) is 19.3 Å². The largest absolute Gasteiger partial charge is 0.362 e. The average Bonchev–Trinajstić information content (AvgIpc) is 2.81. The molecule has 0 unspecified atom stereocenters. The molecule has 3 rings (SSSR count). The summed E-state index contributed by atoms with van der Waals surface area (Å²) < 4.78 is 1.87. The SMILES string of the molecule is Cc1cc2c(NC3(CN)CCCCC3)nccn2n1. The Morgan fingerprint density at radius 2 is 2.16 bits per heavy atom. The van der Waals surface area contributed by atoms with Gasteiger partial charge in [-0.2, -0.15) is 5.10 Å². The topological polar surface area (TPSA) is 68.2 Å². The third kappa shape index (κ3) is 2.30. The molecule has 2 aromatic heterocycles. The van der Waals surface area contributed by atoms with E-state index in [-0.39, 0.29) is 5.54 Å². The molecule has 0 bridgehead atoms. The summed E-state index contributed by atoms with van der Waals surface area (Å²) in [6.45, 7) is 2.65. The molecule has 1 fully saturated rings. The molecule has 3 N–H and O–H groups in total. The Labute approximate surface area is 113 Å². The minimum absolute atomic E-state index is 0.00523. The highest BCUT2D eigenvalue weighted by atomic mass is 15.2. The van der Waals surface area contributed by atoms with Crippen molar-refractivity contribution < 1.29 is 0 Å². The van der Waals surface area contributed by atoms with Gasteiger partial charge in [-0.05, 0) is 25.8 Å². The molecule has 0 amide bonds. The highest BCUT2D eigenvalue weighted by molar-refractivity contribution is 5.68. The van der Waals surface area contributed by atoms with Crippen molar-refractivity contribution >= 4 is 11.3 Å².